The Morgan fingerprint density at radius 1 is 1.35 bits per heavy atom. The minimum absolute atomic E-state index is 0.118. The normalized spacial score (nSPS) is 17.3. The predicted molar refractivity (Wildman–Crippen MR) is 88.9 cm³/mol. The lowest BCUT2D eigenvalue weighted by Gasteiger charge is -2.15. The number of benzene rings is 1. The molecule has 2 aromatic rings. The Balaban J connectivity index is 1.69. The number of hydrogen-bond acceptors (Lipinski definition) is 4. The molecule has 0 radical (unpaired) electrons. The maximum absolute atomic E-state index is 12.8. The van der Waals surface area contributed by atoms with Gasteiger partial charge in [-0.3, -0.25) is 10.1 Å². The lowest BCUT2D eigenvalue weighted by atomic mass is 10.1. The number of nitrogens with zero attached hydrogens (tertiary/aromatic N) is 2. The van der Waals surface area contributed by atoms with Gasteiger partial charge in [-0.1, -0.05) is 12.1 Å². The van der Waals surface area contributed by atoms with Crippen molar-refractivity contribution in [2.45, 2.75) is 12.6 Å². The third-order valence-corrected chi connectivity index (χ3v) is 4.79. The molecule has 2 heterocycles. The van der Waals surface area contributed by atoms with Gasteiger partial charge in [0.25, 0.3) is 0 Å². The van der Waals surface area contributed by atoms with Crippen molar-refractivity contribution in [3.05, 3.63) is 35.2 Å². The average Bonchev–Trinajstić information content (AvgIpc) is 3.23. The van der Waals surface area contributed by atoms with E-state index in [2.05, 4.69) is 10.3 Å². The number of amides is 2. The molecule has 1 fully saturated rings. The Hall–Kier alpha value is -2.62. The number of likely N-dealkylation sites (tertiary alicyclic amines) is 1. The van der Waals surface area contributed by atoms with E-state index in [1.54, 1.807) is 5.38 Å². The molecule has 6 nitrogen and oxygen atoms in total. The molecule has 1 atom stereocenters. The number of alkyl halides is 3. The van der Waals surface area contributed by atoms with E-state index in [1.807, 2.05) is 0 Å². The molecule has 1 aliphatic heterocycles. The largest absolute Gasteiger partial charge is 0.481 e. The number of carbonyl (C=O) groups excluding carboxylic acids is 1. The molecule has 138 valence electrons. The van der Waals surface area contributed by atoms with Crippen molar-refractivity contribution >= 4 is 28.5 Å². The molecule has 0 spiro atoms. The first kappa shape index (κ1) is 18.2. The van der Waals surface area contributed by atoms with E-state index >= 15 is 0 Å². The highest BCUT2D eigenvalue weighted by Gasteiger charge is 2.32. The zero-order valence-electron chi connectivity index (χ0n) is 13.3. The van der Waals surface area contributed by atoms with Crippen molar-refractivity contribution < 1.29 is 27.9 Å². The molecule has 10 heteroatoms. The van der Waals surface area contributed by atoms with E-state index in [0.717, 1.165) is 23.5 Å². The highest BCUT2D eigenvalue weighted by atomic mass is 32.1. The van der Waals surface area contributed by atoms with Crippen LogP contribution in [0.4, 0.5) is 23.1 Å². The highest BCUT2D eigenvalue weighted by molar-refractivity contribution is 7.14. The van der Waals surface area contributed by atoms with Crippen molar-refractivity contribution in [3.63, 3.8) is 0 Å². The van der Waals surface area contributed by atoms with Gasteiger partial charge in [0.1, 0.15) is 0 Å². The third-order valence-electron chi connectivity index (χ3n) is 4.03. The van der Waals surface area contributed by atoms with E-state index in [4.69, 9.17) is 5.11 Å². The third kappa shape index (κ3) is 3.96. The summed E-state index contributed by atoms with van der Waals surface area (Å²) in [7, 11) is 0. The van der Waals surface area contributed by atoms with Crippen molar-refractivity contribution in [1.29, 1.82) is 0 Å². The molecule has 1 aromatic carbocycles. The molecule has 0 aliphatic carbocycles. The van der Waals surface area contributed by atoms with Crippen molar-refractivity contribution in [3.8, 4) is 11.3 Å². The maximum Gasteiger partial charge on any atom is 0.416 e. The Kier molecular flexibility index (Phi) is 4.86. The van der Waals surface area contributed by atoms with Crippen molar-refractivity contribution in [2.75, 3.05) is 18.4 Å². The molecule has 1 aliphatic rings. The van der Waals surface area contributed by atoms with Gasteiger partial charge in [0, 0.05) is 24.0 Å². The Morgan fingerprint density at radius 2 is 2.12 bits per heavy atom. The number of aromatic nitrogens is 1. The van der Waals surface area contributed by atoms with E-state index in [9.17, 15) is 22.8 Å². The summed E-state index contributed by atoms with van der Waals surface area (Å²) in [5.41, 5.74) is -0.157. The number of urea groups is 1. The van der Waals surface area contributed by atoms with Gasteiger partial charge < -0.3 is 10.0 Å². The van der Waals surface area contributed by atoms with Crippen LogP contribution in [0.1, 0.15) is 12.0 Å². The summed E-state index contributed by atoms with van der Waals surface area (Å²) in [6, 6.07) is 4.31. The quantitative estimate of drug-likeness (QED) is 0.843. The maximum atomic E-state index is 12.8. The van der Waals surface area contributed by atoms with Crippen LogP contribution in [0.3, 0.4) is 0 Å². The summed E-state index contributed by atoms with van der Waals surface area (Å²) in [5, 5.41) is 13.3. The lowest BCUT2D eigenvalue weighted by molar-refractivity contribution is -0.141. The fraction of sp³-hybridized carbons (Fsp3) is 0.312. The molecule has 0 bridgehead atoms. The molecule has 1 aromatic heterocycles. The second-order valence-electron chi connectivity index (χ2n) is 5.82. The van der Waals surface area contributed by atoms with Crippen LogP contribution in [0.15, 0.2) is 29.6 Å². The average molecular weight is 385 g/mol. The summed E-state index contributed by atoms with van der Waals surface area (Å²) >= 11 is 1.08. The first-order valence-electron chi connectivity index (χ1n) is 7.66. The number of aliphatic carboxylic acids is 1. The predicted octanol–water partition coefficient (Wildman–Crippen LogP) is 3.77. The van der Waals surface area contributed by atoms with Crippen LogP contribution in [0.2, 0.25) is 0 Å². The molecule has 0 saturated carbocycles. The summed E-state index contributed by atoms with van der Waals surface area (Å²) in [6.07, 6.45) is -4.06. The number of anilines is 1. The van der Waals surface area contributed by atoms with Gasteiger partial charge in [0.15, 0.2) is 5.13 Å². The number of thiazole rings is 1. The van der Waals surface area contributed by atoms with Crippen LogP contribution in [0.5, 0.6) is 0 Å². The number of rotatable bonds is 3. The second-order valence-corrected chi connectivity index (χ2v) is 6.67. The molecule has 1 saturated heterocycles. The van der Waals surface area contributed by atoms with Gasteiger partial charge in [-0.25, -0.2) is 9.78 Å². The molecule has 2 N–H and O–H groups in total. The standard InChI is InChI=1S/C16H14F3N3O3S/c17-16(18,19)11-3-1-2-9(6-11)12-8-26-14(20-12)21-15(25)22-5-4-10(7-22)13(23)24/h1-3,6,8,10H,4-5,7H2,(H,23,24)(H,20,21,25). The second kappa shape index (κ2) is 6.94. The number of carboxylic acid groups (broad SMARTS) is 1. The Bertz CT molecular complexity index is 837. The Labute approximate surface area is 150 Å². The highest BCUT2D eigenvalue weighted by Crippen LogP contribution is 2.33. The van der Waals surface area contributed by atoms with E-state index in [-0.39, 0.29) is 11.7 Å². The smallest absolute Gasteiger partial charge is 0.416 e. The van der Waals surface area contributed by atoms with Crippen LogP contribution in [0.25, 0.3) is 11.3 Å². The van der Waals surface area contributed by atoms with Gasteiger partial charge in [-0.15, -0.1) is 11.3 Å². The van der Waals surface area contributed by atoms with Crippen LogP contribution in [-0.4, -0.2) is 40.1 Å². The van der Waals surface area contributed by atoms with Gasteiger partial charge in [-0.05, 0) is 18.6 Å². The monoisotopic (exact) mass is 385 g/mol. The molecule has 1 unspecified atom stereocenters. The number of carboxylic acids is 1. The molecule has 26 heavy (non-hydrogen) atoms. The fourth-order valence-corrected chi connectivity index (χ4v) is 3.34. The molecule has 2 amide bonds. The minimum atomic E-state index is -4.44. The SMILES string of the molecule is O=C(O)C1CCN(C(=O)Nc2nc(-c3cccc(C(F)(F)F)c3)cs2)C1. The minimum Gasteiger partial charge on any atom is -0.481 e. The van der Waals surface area contributed by atoms with Gasteiger partial charge in [-0.2, -0.15) is 13.2 Å². The van der Waals surface area contributed by atoms with Crippen LogP contribution < -0.4 is 5.32 Å². The van der Waals surface area contributed by atoms with Crippen LogP contribution in [0, 0.1) is 5.92 Å². The number of nitrogens with one attached hydrogen (secondary N) is 1. The van der Waals surface area contributed by atoms with Crippen LogP contribution in [-0.2, 0) is 11.0 Å². The summed E-state index contributed by atoms with van der Waals surface area (Å²) in [5.74, 6) is -1.53. The van der Waals surface area contributed by atoms with Gasteiger partial charge in [0.2, 0.25) is 0 Å². The molecular weight excluding hydrogens is 371 g/mol. The number of carbonyl (C=O) groups is 2. The van der Waals surface area contributed by atoms with E-state index in [1.165, 1.54) is 17.0 Å². The van der Waals surface area contributed by atoms with Crippen molar-refractivity contribution in [1.82, 2.24) is 9.88 Å². The number of halogens is 3. The summed E-state index contributed by atoms with van der Waals surface area (Å²) in [4.78, 5) is 28.6. The fourth-order valence-electron chi connectivity index (χ4n) is 2.64. The lowest BCUT2D eigenvalue weighted by Crippen LogP contribution is -2.33. The first-order chi connectivity index (χ1) is 12.2. The topological polar surface area (TPSA) is 82.5 Å². The van der Waals surface area contributed by atoms with E-state index in [0.29, 0.717) is 24.2 Å². The van der Waals surface area contributed by atoms with Crippen LogP contribution >= 0.6 is 11.3 Å². The Morgan fingerprint density at radius 3 is 2.77 bits per heavy atom. The number of hydrogen-bond donors (Lipinski definition) is 2. The first-order valence-corrected chi connectivity index (χ1v) is 8.54. The summed E-state index contributed by atoms with van der Waals surface area (Å²) < 4.78 is 38.4. The molecular formula is C16H14F3N3O3S. The van der Waals surface area contributed by atoms with Gasteiger partial charge >= 0.3 is 18.2 Å². The zero-order chi connectivity index (χ0) is 18.9. The van der Waals surface area contributed by atoms with Crippen molar-refractivity contribution in [2.24, 2.45) is 5.92 Å². The van der Waals surface area contributed by atoms with Gasteiger partial charge in [0.05, 0.1) is 17.2 Å². The molecule has 3 rings (SSSR count). The summed E-state index contributed by atoms with van der Waals surface area (Å²) in [6.45, 7) is 0.446. The van der Waals surface area contributed by atoms with E-state index < -0.39 is 29.7 Å². The zero-order valence-corrected chi connectivity index (χ0v) is 14.1.